The van der Waals surface area contributed by atoms with Gasteiger partial charge >= 0.3 is 0 Å². The molecule has 0 radical (unpaired) electrons. The summed E-state index contributed by atoms with van der Waals surface area (Å²) < 4.78 is 0.861. The van der Waals surface area contributed by atoms with Crippen molar-refractivity contribution in [3.8, 4) is 0 Å². The molecule has 2 rings (SSSR count). The molecule has 2 atom stereocenters. The third kappa shape index (κ3) is 0.231. The average molecular weight is 120 g/mol. The van der Waals surface area contributed by atoms with Crippen LogP contribution in [-0.2, 0) is 18.9 Å². The molecular weight excluding hydrogens is 112 g/mol. The van der Waals surface area contributed by atoms with E-state index in [-0.39, 0.29) is 0 Å². The maximum Gasteiger partial charge on any atom is 0.0571 e. The van der Waals surface area contributed by atoms with Crippen LogP contribution >= 0.6 is 0 Å². The van der Waals surface area contributed by atoms with Crippen LogP contribution in [0.5, 0.6) is 0 Å². The molecule has 0 aliphatic carbocycles. The molecule has 0 saturated carbocycles. The van der Waals surface area contributed by atoms with Gasteiger partial charge in [0.1, 0.15) is 0 Å². The Bertz CT molecular complexity index is 130. The maximum atomic E-state index is 2.39. The molecule has 2 heterocycles. The average Bonchev–Trinajstić information content (AvgIpc) is 2.13. The molecule has 0 aromatic carbocycles. The fourth-order valence-electron chi connectivity index (χ4n) is 0.710. The molecule has 0 spiro atoms. The van der Waals surface area contributed by atoms with Gasteiger partial charge in [0.2, 0.25) is 0 Å². The van der Waals surface area contributed by atoms with Crippen LogP contribution in [0.25, 0.3) is 0 Å². The van der Waals surface area contributed by atoms with Crippen molar-refractivity contribution in [2.75, 3.05) is 5.08 Å². The summed E-state index contributed by atoms with van der Waals surface area (Å²) >= 11 is 0. The van der Waals surface area contributed by atoms with Crippen LogP contribution < -0.4 is 0 Å². The Balaban J connectivity index is 2.29. The Morgan fingerprint density at radius 3 is 1.67 bits per heavy atom. The predicted molar refractivity (Wildman–Crippen MR) is 33.7 cm³/mol. The summed E-state index contributed by atoms with van der Waals surface area (Å²) in [5.74, 6) is 0. The molecule has 0 N–H and O–H groups in total. The van der Waals surface area contributed by atoms with E-state index >= 15 is 0 Å². The van der Waals surface area contributed by atoms with E-state index < -0.39 is 0 Å². The fourth-order valence-corrected chi connectivity index (χ4v) is 8.12. The van der Waals surface area contributed by atoms with Crippen molar-refractivity contribution < 1.29 is 0 Å². The van der Waals surface area contributed by atoms with Gasteiger partial charge in [-0.25, -0.2) is 0 Å². The van der Waals surface area contributed by atoms with Crippen molar-refractivity contribution >= 4 is 18.9 Å². The van der Waals surface area contributed by atoms with Gasteiger partial charge in [0, 0.05) is 5.08 Å². The molecular formula is C4H8S2. The summed E-state index contributed by atoms with van der Waals surface area (Å²) in [5.41, 5.74) is 0. The zero-order chi connectivity index (χ0) is 4.36. The molecule has 0 nitrogen and oxygen atoms in total. The SMILES string of the molecule is CC1(C)S2=S1C2. The first-order valence-electron chi connectivity index (χ1n) is 2.15. The topological polar surface area (TPSA) is 0 Å². The summed E-state index contributed by atoms with van der Waals surface area (Å²) in [6.07, 6.45) is 0. The van der Waals surface area contributed by atoms with E-state index in [9.17, 15) is 0 Å². The Morgan fingerprint density at radius 1 is 1.33 bits per heavy atom. The molecule has 0 bridgehead atoms. The third-order valence-corrected chi connectivity index (χ3v) is 9.72. The van der Waals surface area contributed by atoms with Gasteiger partial charge in [0.05, 0.1) is 4.08 Å². The lowest BCUT2D eigenvalue weighted by atomic mass is 10.5. The molecule has 2 heteroatoms. The molecule has 6 heavy (non-hydrogen) atoms. The lowest BCUT2D eigenvalue weighted by Gasteiger charge is -2.08. The van der Waals surface area contributed by atoms with E-state index in [4.69, 9.17) is 0 Å². The van der Waals surface area contributed by atoms with Crippen LogP contribution in [0.15, 0.2) is 0 Å². The second-order valence-corrected chi connectivity index (χ2v) is 9.25. The van der Waals surface area contributed by atoms with Crippen molar-refractivity contribution in [2.24, 2.45) is 0 Å². The molecule has 2 unspecified atom stereocenters. The Labute approximate surface area is 42.5 Å². The molecule has 0 amide bonds. The summed E-state index contributed by atoms with van der Waals surface area (Å²) in [6, 6.07) is 0. The molecule has 0 aromatic heterocycles. The lowest BCUT2D eigenvalue weighted by Crippen LogP contribution is -2.16. The van der Waals surface area contributed by atoms with E-state index in [0.717, 1.165) is 23.0 Å². The van der Waals surface area contributed by atoms with Gasteiger partial charge in [-0.2, -0.15) is 0 Å². The van der Waals surface area contributed by atoms with Crippen molar-refractivity contribution in [3.05, 3.63) is 0 Å². The van der Waals surface area contributed by atoms with Gasteiger partial charge in [-0.15, -0.1) is 18.9 Å². The van der Waals surface area contributed by atoms with Gasteiger partial charge < -0.3 is 0 Å². The fraction of sp³-hybridized carbons (Fsp3) is 1.00. The zero-order valence-corrected chi connectivity index (χ0v) is 5.66. The number of hydrogen-bond acceptors (Lipinski definition) is 0. The van der Waals surface area contributed by atoms with E-state index in [1.165, 1.54) is 0 Å². The van der Waals surface area contributed by atoms with E-state index in [2.05, 4.69) is 13.8 Å². The van der Waals surface area contributed by atoms with Gasteiger partial charge in [0.15, 0.2) is 0 Å². The summed E-state index contributed by atoms with van der Waals surface area (Å²) in [7, 11) is 1.95. The molecule has 36 valence electrons. The lowest BCUT2D eigenvalue weighted by molar-refractivity contribution is 1.03. The zero-order valence-electron chi connectivity index (χ0n) is 4.02. The van der Waals surface area contributed by atoms with Gasteiger partial charge in [-0.05, 0) is 13.8 Å². The summed E-state index contributed by atoms with van der Waals surface area (Å²) in [4.78, 5) is 0. The minimum absolute atomic E-state index is 0.861. The van der Waals surface area contributed by atoms with E-state index in [0.29, 0.717) is 0 Å². The second-order valence-electron chi connectivity index (χ2n) is 2.21. The highest BCUT2D eigenvalue weighted by Crippen LogP contribution is 2.51. The van der Waals surface area contributed by atoms with Crippen LogP contribution in [0.1, 0.15) is 13.8 Å². The number of rotatable bonds is 0. The highest BCUT2D eigenvalue weighted by Gasteiger charge is 2.54. The summed E-state index contributed by atoms with van der Waals surface area (Å²) in [6.45, 7) is 4.78. The van der Waals surface area contributed by atoms with Gasteiger partial charge in [0.25, 0.3) is 0 Å². The normalized spacial score (nSPS) is 57.0. The smallest absolute Gasteiger partial charge is 0.0571 e. The quantitative estimate of drug-likeness (QED) is 0.445. The van der Waals surface area contributed by atoms with Crippen molar-refractivity contribution in [1.82, 2.24) is 0 Å². The first kappa shape index (κ1) is 3.67. The Kier molecular flexibility index (Phi) is 0.411. The standard InChI is InChI=1S/C4H8S2/c1-4(2)5-3-6(4)5/h3H2,1-2H3. The van der Waals surface area contributed by atoms with Crippen LogP contribution in [0, 0.1) is 0 Å². The summed E-state index contributed by atoms with van der Waals surface area (Å²) in [5, 5.41) is 1.60. The third-order valence-electron chi connectivity index (χ3n) is 1.47. The molecule has 2 aliphatic rings. The predicted octanol–water partition coefficient (Wildman–Crippen LogP) is 0.859. The first-order chi connectivity index (χ1) is 2.73. The largest absolute Gasteiger partial charge is 0.134 e. The molecule has 0 saturated heterocycles. The minimum atomic E-state index is 0.861. The van der Waals surface area contributed by atoms with Crippen LogP contribution in [0.4, 0.5) is 0 Å². The monoisotopic (exact) mass is 120 g/mol. The van der Waals surface area contributed by atoms with Crippen molar-refractivity contribution in [2.45, 2.75) is 17.9 Å². The highest BCUT2D eigenvalue weighted by molar-refractivity contribution is 8.76. The van der Waals surface area contributed by atoms with Crippen LogP contribution in [0.2, 0.25) is 0 Å². The molecule has 0 fully saturated rings. The highest BCUT2D eigenvalue weighted by atomic mass is 33.0. The van der Waals surface area contributed by atoms with Crippen molar-refractivity contribution in [1.29, 1.82) is 0 Å². The van der Waals surface area contributed by atoms with Gasteiger partial charge in [-0.3, -0.25) is 0 Å². The van der Waals surface area contributed by atoms with E-state index in [1.54, 1.807) is 5.08 Å². The van der Waals surface area contributed by atoms with Gasteiger partial charge in [-0.1, -0.05) is 0 Å². The maximum absolute atomic E-state index is 2.39. The second kappa shape index (κ2) is 0.671. The first-order valence-corrected chi connectivity index (χ1v) is 5.46. The number of hydrogen-bond donors (Lipinski definition) is 0. The Morgan fingerprint density at radius 2 is 1.67 bits per heavy atom. The molecule has 0 aromatic rings. The van der Waals surface area contributed by atoms with E-state index in [1.807, 2.05) is 0 Å². The van der Waals surface area contributed by atoms with Crippen LogP contribution in [-0.4, -0.2) is 9.16 Å². The van der Waals surface area contributed by atoms with Crippen LogP contribution in [0.3, 0.4) is 0 Å². The van der Waals surface area contributed by atoms with Crippen molar-refractivity contribution in [3.63, 3.8) is 0 Å². The molecule has 2 aliphatic heterocycles. The minimum Gasteiger partial charge on any atom is -0.134 e. The Hall–Kier alpha value is 0.700.